The van der Waals surface area contributed by atoms with Gasteiger partial charge in [-0.3, -0.25) is 9.59 Å². The van der Waals surface area contributed by atoms with Crippen molar-refractivity contribution in [3.05, 3.63) is 35.4 Å². The molecule has 25 heavy (non-hydrogen) atoms. The van der Waals surface area contributed by atoms with Crippen molar-refractivity contribution < 1.29 is 9.59 Å². The SMILES string of the molecule is CCNC(=O)CCCC(=O)N1CCNCC1c1ccc(CC)cc1.Cl. The Kier molecular flexibility index (Phi) is 9.53. The normalized spacial score (nSPS) is 16.9. The van der Waals surface area contributed by atoms with Crippen LogP contribution in [0.25, 0.3) is 0 Å². The number of nitrogens with zero attached hydrogens (tertiary/aromatic N) is 1. The third-order valence-corrected chi connectivity index (χ3v) is 4.50. The van der Waals surface area contributed by atoms with Crippen LogP contribution in [0.4, 0.5) is 0 Å². The lowest BCUT2D eigenvalue weighted by Gasteiger charge is -2.36. The van der Waals surface area contributed by atoms with E-state index in [9.17, 15) is 9.59 Å². The maximum Gasteiger partial charge on any atom is 0.223 e. The standard InChI is InChI=1S/C19H29N3O2.ClH/c1-3-15-8-10-16(11-9-15)17-14-20-12-13-22(17)19(24)7-5-6-18(23)21-4-2;/h8-11,17,20H,3-7,12-14H2,1-2H3,(H,21,23);1H. The highest BCUT2D eigenvalue weighted by Gasteiger charge is 2.27. The van der Waals surface area contributed by atoms with Gasteiger partial charge in [-0.2, -0.15) is 0 Å². The minimum absolute atomic E-state index is 0. The van der Waals surface area contributed by atoms with Gasteiger partial charge in [0.25, 0.3) is 0 Å². The largest absolute Gasteiger partial charge is 0.356 e. The quantitative estimate of drug-likeness (QED) is 0.778. The van der Waals surface area contributed by atoms with Gasteiger partial charge in [0, 0.05) is 39.0 Å². The average molecular weight is 368 g/mol. The molecule has 0 aromatic heterocycles. The van der Waals surface area contributed by atoms with Gasteiger partial charge in [0.05, 0.1) is 6.04 Å². The van der Waals surface area contributed by atoms with Crippen molar-refractivity contribution >= 4 is 24.2 Å². The lowest BCUT2D eigenvalue weighted by Crippen LogP contribution is -2.48. The number of hydrogen-bond donors (Lipinski definition) is 2. The highest BCUT2D eigenvalue weighted by molar-refractivity contribution is 5.85. The fourth-order valence-electron chi connectivity index (χ4n) is 3.11. The van der Waals surface area contributed by atoms with E-state index in [0.717, 1.165) is 26.1 Å². The molecule has 1 aromatic carbocycles. The molecule has 0 saturated carbocycles. The smallest absolute Gasteiger partial charge is 0.223 e. The van der Waals surface area contributed by atoms with Gasteiger partial charge >= 0.3 is 0 Å². The highest BCUT2D eigenvalue weighted by atomic mass is 35.5. The van der Waals surface area contributed by atoms with E-state index in [0.29, 0.717) is 25.8 Å². The van der Waals surface area contributed by atoms with Crippen LogP contribution in [-0.4, -0.2) is 42.9 Å². The van der Waals surface area contributed by atoms with Crippen molar-refractivity contribution in [3.8, 4) is 0 Å². The molecule has 2 amide bonds. The molecule has 1 aliphatic heterocycles. The predicted octanol–water partition coefficient (Wildman–Crippen LogP) is 2.45. The molecule has 1 unspecified atom stereocenters. The molecule has 0 spiro atoms. The Labute approximate surface area is 157 Å². The van der Waals surface area contributed by atoms with E-state index in [2.05, 4.69) is 41.8 Å². The Bertz CT molecular complexity index is 548. The van der Waals surface area contributed by atoms with Crippen molar-refractivity contribution in [2.75, 3.05) is 26.2 Å². The molecule has 140 valence electrons. The van der Waals surface area contributed by atoms with Gasteiger partial charge in [-0.25, -0.2) is 0 Å². The number of carbonyl (C=O) groups excluding carboxylic acids is 2. The molecule has 1 fully saturated rings. The molecule has 1 aromatic rings. The van der Waals surface area contributed by atoms with Crippen molar-refractivity contribution in [1.29, 1.82) is 0 Å². The zero-order valence-electron chi connectivity index (χ0n) is 15.2. The van der Waals surface area contributed by atoms with Crippen LogP contribution in [0, 0.1) is 0 Å². The summed E-state index contributed by atoms with van der Waals surface area (Å²) in [5.74, 6) is 0.169. The summed E-state index contributed by atoms with van der Waals surface area (Å²) in [6.45, 7) is 7.01. The Balaban J connectivity index is 0.00000312. The molecule has 1 saturated heterocycles. The van der Waals surface area contributed by atoms with E-state index < -0.39 is 0 Å². The van der Waals surface area contributed by atoms with E-state index in [1.165, 1.54) is 11.1 Å². The zero-order chi connectivity index (χ0) is 17.4. The monoisotopic (exact) mass is 367 g/mol. The number of aryl methyl sites for hydroxylation is 1. The van der Waals surface area contributed by atoms with Crippen molar-refractivity contribution in [2.45, 2.75) is 45.6 Å². The summed E-state index contributed by atoms with van der Waals surface area (Å²) in [5.41, 5.74) is 2.49. The first kappa shape index (κ1) is 21.5. The topological polar surface area (TPSA) is 61.4 Å². The van der Waals surface area contributed by atoms with Gasteiger partial charge in [0.15, 0.2) is 0 Å². The molecule has 0 radical (unpaired) electrons. The molecule has 5 nitrogen and oxygen atoms in total. The third-order valence-electron chi connectivity index (χ3n) is 4.50. The zero-order valence-corrected chi connectivity index (χ0v) is 16.0. The lowest BCUT2D eigenvalue weighted by atomic mass is 10.00. The number of halogens is 1. The van der Waals surface area contributed by atoms with Crippen LogP contribution >= 0.6 is 12.4 Å². The van der Waals surface area contributed by atoms with Crippen LogP contribution in [0.1, 0.15) is 50.3 Å². The molecule has 1 heterocycles. The lowest BCUT2D eigenvalue weighted by molar-refractivity contribution is -0.134. The van der Waals surface area contributed by atoms with Crippen LogP contribution in [0.15, 0.2) is 24.3 Å². The number of piperazine rings is 1. The number of nitrogens with one attached hydrogen (secondary N) is 2. The maximum atomic E-state index is 12.6. The van der Waals surface area contributed by atoms with Gasteiger partial charge < -0.3 is 15.5 Å². The Morgan fingerprint density at radius 1 is 1.20 bits per heavy atom. The maximum absolute atomic E-state index is 12.6. The van der Waals surface area contributed by atoms with E-state index in [-0.39, 0.29) is 30.3 Å². The first-order valence-corrected chi connectivity index (χ1v) is 9.01. The highest BCUT2D eigenvalue weighted by Crippen LogP contribution is 2.24. The molecule has 0 bridgehead atoms. The summed E-state index contributed by atoms with van der Waals surface area (Å²) in [6.07, 6.45) is 2.48. The van der Waals surface area contributed by atoms with E-state index in [1.54, 1.807) is 0 Å². The molecule has 2 N–H and O–H groups in total. The number of rotatable bonds is 7. The number of benzene rings is 1. The molecule has 1 atom stereocenters. The molecule has 0 aliphatic carbocycles. The molecular formula is C19H30ClN3O2. The van der Waals surface area contributed by atoms with Crippen LogP contribution in [0.3, 0.4) is 0 Å². The summed E-state index contributed by atoms with van der Waals surface area (Å²) in [4.78, 5) is 26.1. The first-order chi connectivity index (χ1) is 11.7. The van der Waals surface area contributed by atoms with Gasteiger partial charge in [0.1, 0.15) is 0 Å². The van der Waals surface area contributed by atoms with Crippen molar-refractivity contribution in [2.24, 2.45) is 0 Å². The summed E-state index contributed by atoms with van der Waals surface area (Å²) in [7, 11) is 0. The van der Waals surface area contributed by atoms with Crippen LogP contribution in [0.5, 0.6) is 0 Å². The van der Waals surface area contributed by atoms with Crippen LogP contribution in [0.2, 0.25) is 0 Å². The van der Waals surface area contributed by atoms with E-state index in [4.69, 9.17) is 0 Å². The van der Waals surface area contributed by atoms with Crippen molar-refractivity contribution in [3.63, 3.8) is 0 Å². The average Bonchev–Trinajstić information content (AvgIpc) is 2.62. The first-order valence-electron chi connectivity index (χ1n) is 9.01. The minimum Gasteiger partial charge on any atom is -0.356 e. The number of hydrogen-bond acceptors (Lipinski definition) is 3. The number of amides is 2. The summed E-state index contributed by atoms with van der Waals surface area (Å²) >= 11 is 0. The van der Waals surface area contributed by atoms with Gasteiger partial charge in [-0.1, -0.05) is 31.2 Å². The number of carbonyl (C=O) groups is 2. The van der Waals surface area contributed by atoms with E-state index >= 15 is 0 Å². The second-order valence-electron chi connectivity index (χ2n) is 6.21. The fourth-order valence-corrected chi connectivity index (χ4v) is 3.11. The minimum atomic E-state index is 0. The Morgan fingerprint density at radius 2 is 1.92 bits per heavy atom. The van der Waals surface area contributed by atoms with Crippen LogP contribution in [-0.2, 0) is 16.0 Å². The van der Waals surface area contributed by atoms with E-state index in [1.807, 2.05) is 11.8 Å². The molecule has 1 aliphatic rings. The van der Waals surface area contributed by atoms with Gasteiger partial charge in [0.2, 0.25) is 11.8 Å². The summed E-state index contributed by atoms with van der Waals surface area (Å²) in [6, 6.07) is 8.63. The Hall–Kier alpha value is -1.59. The fraction of sp³-hybridized carbons (Fsp3) is 0.579. The third kappa shape index (κ3) is 6.33. The second kappa shape index (κ2) is 11.1. The summed E-state index contributed by atoms with van der Waals surface area (Å²) in [5, 5.41) is 6.15. The molecule has 2 rings (SSSR count). The van der Waals surface area contributed by atoms with Gasteiger partial charge in [-0.05, 0) is 30.9 Å². The Morgan fingerprint density at radius 3 is 2.56 bits per heavy atom. The predicted molar refractivity (Wildman–Crippen MR) is 103 cm³/mol. The second-order valence-corrected chi connectivity index (χ2v) is 6.21. The summed E-state index contributed by atoms with van der Waals surface area (Å²) < 4.78 is 0. The van der Waals surface area contributed by atoms with Gasteiger partial charge in [-0.15, -0.1) is 12.4 Å². The van der Waals surface area contributed by atoms with Crippen molar-refractivity contribution in [1.82, 2.24) is 15.5 Å². The molecular weight excluding hydrogens is 338 g/mol. The molecule has 6 heteroatoms. The van der Waals surface area contributed by atoms with Crippen LogP contribution < -0.4 is 10.6 Å².